The zero-order valence-corrected chi connectivity index (χ0v) is 15.6. The van der Waals surface area contributed by atoms with E-state index in [0.29, 0.717) is 36.8 Å². The molecule has 0 unspecified atom stereocenters. The highest BCUT2D eigenvalue weighted by atomic mass is 35.5. The standard InChI is InChI=1S/C17H21ClN4O2S/c1-12-20-21-16(25-12)6-9-19-17(23)22-10-7-13(8-11-22)24-15-5-3-2-4-14(15)18/h2-5,13H,6-11H2,1H3,(H,19,23). The topological polar surface area (TPSA) is 67.4 Å². The number of rotatable bonds is 5. The number of hydrogen-bond donors (Lipinski definition) is 1. The van der Waals surface area contributed by atoms with Gasteiger partial charge in [0, 0.05) is 38.9 Å². The van der Waals surface area contributed by atoms with Gasteiger partial charge in [0.05, 0.1) is 5.02 Å². The molecule has 1 aromatic carbocycles. The number of nitrogens with one attached hydrogen (secondary N) is 1. The summed E-state index contributed by atoms with van der Waals surface area (Å²) in [5.74, 6) is 0.708. The largest absolute Gasteiger partial charge is 0.489 e. The van der Waals surface area contributed by atoms with E-state index in [1.165, 1.54) is 0 Å². The van der Waals surface area contributed by atoms with Gasteiger partial charge in [-0.15, -0.1) is 21.5 Å². The molecule has 1 N–H and O–H groups in total. The van der Waals surface area contributed by atoms with Crippen molar-refractivity contribution in [1.29, 1.82) is 0 Å². The van der Waals surface area contributed by atoms with Gasteiger partial charge in [-0.1, -0.05) is 23.7 Å². The van der Waals surface area contributed by atoms with Gasteiger partial charge >= 0.3 is 6.03 Å². The molecule has 3 rings (SSSR count). The van der Waals surface area contributed by atoms with Crippen molar-refractivity contribution in [3.8, 4) is 5.75 Å². The molecule has 8 heteroatoms. The monoisotopic (exact) mass is 380 g/mol. The summed E-state index contributed by atoms with van der Waals surface area (Å²) < 4.78 is 5.95. The second kappa shape index (κ2) is 8.49. The summed E-state index contributed by atoms with van der Waals surface area (Å²) in [4.78, 5) is 14.1. The van der Waals surface area contributed by atoms with Crippen LogP contribution in [0.3, 0.4) is 0 Å². The Morgan fingerprint density at radius 3 is 2.80 bits per heavy atom. The normalized spacial score (nSPS) is 15.2. The van der Waals surface area contributed by atoms with E-state index >= 15 is 0 Å². The molecule has 0 atom stereocenters. The molecule has 2 aromatic rings. The zero-order chi connectivity index (χ0) is 17.6. The van der Waals surface area contributed by atoms with Gasteiger partial charge in [-0.2, -0.15) is 0 Å². The summed E-state index contributed by atoms with van der Waals surface area (Å²) >= 11 is 7.69. The average molecular weight is 381 g/mol. The Morgan fingerprint density at radius 1 is 1.36 bits per heavy atom. The van der Waals surface area contributed by atoms with Crippen molar-refractivity contribution in [2.45, 2.75) is 32.3 Å². The fourth-order valence-corrected chi connectivity index (χ4v) is 3.61. The summed E-state index contributed by atoms with van der Waals surface area (Å²) in [6.45, 7) is 3.86. The zero-order valence-electron chi connectivity index (χ0n) is 14.1. The van der Waals surface area contributed by atoms with Crippen LogP contribution in [0.25, 0.3) is 0 Å². The van der Waals surface area contributed by atoms with Crippen LogP contribution in [0, 0.1) is 6.92 Å². The van der Waals surface area contributed by atoms with E-state index in [9.17, 15) is 4.79 Å². The van der Waals surface area contributed by atoms with E-state index in [0.717, 1.165) is 22.9 Å². The molecule has 2 heterocycles. The predicted octanol–water partition coefficient (Wildman–Crippen LogP) is 3.30. The van der Waals surface area contributed by atoms with Gasteiger partial charge in [-0.25, -0.2) is 4.79 Å². The smallest absolute Gasteiger partial charge is 0.317 e. The number of hydrogen-bond acceptors (Lipinski definition) is 5. The third-order valence-electron chi connectivity index (χ3n) is 4.04. The van der Waals surface area contributed by atoms with Crippen molar-refractivity contribution in [2.24, 2.45) is 0 Å². The van der Waals surface area contributed by atoms with E-state index in [4.69, 9.17) is 16.3 Å². The number of urea groups is 1. The van der Waals surface area contributed by atoms with Crippen LogP contribution in [0.4, 0.5) is 4.79 Å². The lowest BCUT2D eigenvalue weighted by Gasteiger charge is -2.32. The maximum Gasteiger partial charge on any atom is 0.317 e. The van der Waals surface area contributed by atoms with E-state index < -0.39 is 0 Å². The maximum absolute atomic E-state index is 12.2. The first-order valence-electron chi connectivity index (χ1n) is 8.35. The molecule has 25 heavy (non-hydrogen) atoms. The molecule has 1 aliphatic heterocycles. The van der Waals surface area contributed by atoms with Gasteiger partial charge in [-0.05, 0) is 19.1 Å². The Morgan fingerprint density at radius 2 is 2.12 bits per heavy atom. The van der Waals surface area contributed by atoms with E-state index in [-0.39, 0.29) is 12.1 Å². The number of likely N-dealkylation sites (tertiary alicyclic amines) is 1. The molecular weight excluding hydrogens is 360 g/mol. The van der Waals surface area contributed by atoms with E-state index in [1.54, 1.807) is 11.3 Å². The van der Waals surface area contributed by atoms with Crippen LogP contribution >= 0.6 is 22.9 Å². The lowest BCUT2D eigenvalue weighted by Crippen LogP contribution is -2.46. The van der Waals surface area contributed by atoms with Crippen LogP contribution in [0.2, 0.25) is 5.02 Å². The number of halogens is 1. The van der Waals surface area contributed by atoms with Crippen LogP contribution in [-0.2, 0) is 6.42 Å². The molecule has 1 saturated heterocycles. The molecule has 0 bridgehead atoms. The van der Waals surface area contributed by atoms with Gasteiger partial charge in [-0.3, -0.25) is 0 Å². The van der Waals surface area contributed by atoms with Crippen molar-refractivity contribution in [1.82, 2.24) is 20.4 Å². The molecule has 0 radical (unpaired) electrons. The van der Waals surface area contributed by atoms with Gasteiger partial charge in [0.2, 0.25) is 0 Å². The first kappa shape index (κ1) is 17.9. The number of ether oxygens (including phenoxy) is 1. The molecule has 1 fully saturated rings. The van der Waals surface area contributed by atoms with Crippen LogP contribution in [-0.4, -0.2) is 46.9 Å². The molecule has 1 aromatic heterocycles. The number of carbonyl (C=O) groups excluding carboxylic acids is 1. The van der Waals surface area contributed by atoms with Crippen LogP contribution in [0.1, 0.15) is 22.9 Å². The Kier molecular flexibility index (Phi) is 6.09. The quantitative estimate of drug-likeness (QED) is 0.864. The van der Waals surface area contributed by atoms with Crippen LogP contribution in [0.5, 0.6) is 5.75 Å². The minimum absolute atomic E-state index is 0.0302. The molecule has 0 saturated carbocycles. The first-order valence-corrected chi connectivity index (χ1v) is 9.54. The second-order valence-corrected chi connectivity index (χ2v) is 7.60. The summed E-state index contributed by atoms with van der Waals surface area (Å²) in [5.41, 5.74) is 0. The Balaban J connectivity index is 1.39. The summed E-state index contributed by atoms with van der Waals surface area (Å²) in [5, 5.41) is 13.5. The third kappa shape index (κ3) is 5.06. The van der Waals surface area contributed by atoms with Crippen molar-refractivity contribution in [3.63, 3.8) is 0 Å². The number of aryl methyl sites for hydroxylation is 1. The van der Waals surface area contributed by atoms with Crippen molar-refractivity contribution < 1.29 is 9.53 Å². The average Bonchev–Trinajstić information content (AvgIpc) is 3.03. The fraction of sp³-hybridized carbons (Fsp3) is 0.471. The lowest BCUT2D eigenvalue weighted by atomic mass is 10.1. The molecular formula is C17H21ClN4O2S. The number of para-hydroxylation sites is 1. The summed E-state index contributed by atoms with van der Waals surface area (Å²) in [6, 6.07) is 7.45. The third-order valence-corrected chi connectivity index (χ3v) is 5.25. The molecule has 134 valence electrons. The number of amides is 2. The number of benzene rings is 1. The van der Waals surface area contributed by atoms with Crippen LogP contribution < -0.4 is 10.1 Å². The highest BCUT2D eigenvalue weighted by Gasteiger charge is 2.24. The Bertz CT molecular complexity index is 716. The lowest BCUT2D eigenvalue weighted by molar-refractivity contribution is 0.111. The molecule has 0 spiro atoms. The number of aromatic nitrogens is 2. The fourth-order valence-electron chi connectivity index (χ4n) is 2.72. The minimum atomic E-state index is -0.0302. The maximum atomic E-state index is 12.2. The van der Waals surface area contributed by atoms with Gasteiger partial charge in [0.1, 0.15) is 21.9 Å². The van der Waals surface area contributed by atoms with E-state index in [2.05, 4.69) is 15.5 Å². The molecule has 2 amide bonds. The SMILES string of the molecule is Cc1nnc(CCNC(=O)N2CCC(Oc3ccccc3Cl)CC2)s1. The molecule has 1 aliphatic rings. The minimum Gasteiger partial charge on any atom is -0.489 e. The van der Waals surface area contributed by atoms with E-state index in [1.807, 2.05) is 36.1 Å². The molecule has 6 nitrogen and oxygen atoms in total. The van der Waals surface area contributed by atoms with Crippen molar-refractivity contribution >= 4 is 29.0 Å². The summed E-state index contributed by atoms with van der Waals surface area (Å²) in [7, 11) is 0. The highest BCUT2D eigenvalue weighted by Crippen LogP contribution is 2.26. The van der Waals surface area contributed by atoms with Crippen molar-refractivity contribution in [3.05, 3.63) is 39.3 Å². The first-order chi connectivity index (χ1) is 12.1. The van der Waals surface area contributed by atoms with Crippen molar-refractivity contribution in [2.75, 3.05) is 19.6 Å². The number of nitrogens with zero attached hydrogens (tertiary/aromatic N) is 3. The highest BCUT2D eigenvalue weighted by molar-refractivity contribution is 7.11. The van der Waals surface area contributed by atoms with Gasteiger partial charge < -0.3 is 15.0 Å². The number of piperidine rings is 1. The number of carbonyl (C=O) groups is 1. The van der Waals surface area contributed by atoms with Crippen LogP contribution in [0.15, 0.2) is 24.3 Å². The second-order valence-electron chi connectivity index (χ2n) is 5.93. The summed E-state index contributed by atoms with van der Waals surface area (Å²) in [6.07, 6.45) is 2.40. The van der Waals surface area contributed by atoms with Gasteiger partial charge in [0.25, 0.3) is 0 Å². The van der Waals surface area contributed by atoms with Gasteiger partial charge in [0.15, 0.2) is 0 Å². The molecule has 0 aliphatic carbocycles. The Hall–Kier alpha value is -1.86. The Labute approximate surface area is 156 Å². The predicted molar refractivity (Wildman–Crippen MR) is 98.4 cm³/mol.